The number of hydrogen-bond acceptors (Lipinski definition) is 1. The quantitative estimate of drug-likeness (QED) is 0.587. The van der Waals surface area contributed by atoms with Gasteiger partial charge >= 0.3 is 0 Å². The van der Waals surface area contributed by atoms with Crippen LogP contribution in [0.5, 0.6) is 0 Å². The minimum Gasteiger partial charge on any atom is -0.366 e. The molecule has 0 atom stereocenters. The van der Waals surface area contributed by atoms with Crippen LogP contribution >= 0.6 is 0 Å². The van der Waals surface area contributed by atoms with Crippen molar-refractivity contribution in [3.63, 3.8) is 0 Å². The lowest BCUT2D eigenvalue weighted by Gasteiger charge is -2.10. The average molecular weight is 302 g/mol. The van der Waals surface area contributed by atoms with Crippen molar-refractivity contribution in [2.75, 3.05) is 13.6 Å². The lowest BCUT2D eigenvalue weighted by Crippen LogP contribution is -2.14. The number of aliphatic imine (C=N–C) groups is 1. The van der Waals surface area contributed by atoms with Crippen LogP contribution in [-0.2, 0) is 6.42 Å². The third-order valence-corrected chi connectivity index (χ3v) is 3.61. The van der Waals surface area contributed by atoms with E-state index in [-0.39, 0.29) is 11.6 Å². The number of hydrogen-bond donors (Lipinski definition) is 0. The molecule has 0 spiro atoms. The van der Waals surface area contributed by atoms with E-state index in [0.717, 1.165) is 23.2 Å². The molecule has 0 unspecified atom stereocenters. The molecule has 0 aliphatic heterocycles. The highest BCUT2D eigenvalue weighted by Gasteiger charge is 2.08. The van der Waals surface area contributed by atoms with Crippen molar-refractivity contribution in [3.8, 4) is 0 Å². The maximum absolute atomic E-state index is 14.2. The van der Waals surface area contributed by atoms with E-state index in [9.17, 15) is 8.78 Å². The first kappa shape index (κ1) is 16.1. The van der Waals surface area contributed by atoms with Crippen LogP contribution < -0.4 is 0 Å². The molecule has 0 amide bonds. The molecular weight excluding hydrogens is 282 g/mol. The lowest BCUT2D eigenvalue weighted by atomic mass is 10.00. The number of benzene rings is 2. The average Bonchev–Trinajstić information content (AvgIpc) is 2.51. The fourth-order valence-corrected chi connectivity index (χ4v) is 2.06. The van der Waals surface area contributed by atoms with Crippen LogP contribution in [0.1, 0.15) is 23.6 Å². The molecule has 0 aromatic heterocycles. The van der Waals surface area contributed by atoms with Crippen LogP contribution in [0.3, 0.4) is 0 Å². The Hall–Kier alpha value is -2.23. The fourth-order valence-electron chi connectivity index (χ4n) is 2.06. The molecule has 2 aromatic carbocycles. The number of aryl methyl sites for hydroxylation is 1. The summed E-state index contributed by atoms with van der Waals surface area (Å²) in [5.74, 6) is -0.611. The number of rotatable bonds is 5. The molecule has 0 heterocycles. The van der Waals surface area contributed by atoms with Crippen LogP contribution in [-0.4, -0.2) is 24.8 Å². The van der Waals surface area contributed by atoms with Crippen LogP contribution in [0, 0.1) is 18.6 Å². The molecule has 2 aromatic rings. The van der Waals surface area contributed by atoms with Gasteiger partial charge in [0.15, 0.2) is 0 Å². The summed E-state index contributed by atoms with van der Waals surface area (Å²) in [6.07, 6.45) is 2.19. The van der Waals surface area contributed by atoms with E-state index in [1.165, 1.54) is 18.2 Å². The second-order valence-corrected chi connectivity index (χ2v) is 5.35. The van der Waals surface area contributed by atoms with Crippen molar-refractivity contribution in [2.45, 2.75) is 20.3 Å². The molecule has 22 heavy (non-hydrogen) atoms. The predicted octanol–water partition coefficient (Wildman–Crippen LogP) is 4.48. The standard InChI is InChI=1S/C18H20F2N2/c1-4-22(3)12-21-18-9-13(2)15(11-17(18)20)10-14-5-7-16(19)8-6-14/h5-9,11-12H,4,10H2,1-3H3/b21-12+. The van der Waals surface area contributed by atoms with E-state index in [1.807, 2.05) is 25.8 Å². The largest absolute Gasteiger partial charge is 0.366 e. The van der Waals surface area contributed by atoms with Crippen molar-refractivity contribution in [1.82, 2.24) is 4.90 Å². The molecule has 0 radical (unpaired) electrons. The van der Waals surface area contributed by atoms with E-state index >= 15 is 0 Å². The molecule has 0 bridgehead atoms. The molecule has 2 nitrogen and oxygen atoms in total. The highest BCUT2D eigenvalue weighted by Crippen LogP contribution is 2.24. The van der Waals surface area contributed by atoms with Gasteiger partial charge in [-0.25, -0.2) is 13.8 Å². The molecule has 0 aliphatic carbocycles. The van der Waals surface area contributed by atoms with Crippen LogP contribution in [0.2, 0.25) is 0 Å². The first-order valence-electron chi connectivity index (χ1n) is 7.27. The lowest BCUT2D eigenvalue weighted by molar-refractivity contribution is 0.551. The first-order valence-corrected chi connectivity index (χ1v) is 7.27. The molecule has 2 rings (SSSR count). The molecule has 0 aliphatic rings. The van der Waals surface area contributed by atoms with Crippen molar-refractivity contribution in [2.24, 2.45) is 4.99 Å². The summed E-state index contributed by atoms with van der Waals surface area (Å²) in [5, 5.41) is 0. The van der Waals surface area contributed by atoms with E-state index in [0.29, 0.717) is 12.1 Å². The second kappa shape index (κ2) is 7.16. The maximum Gasteiger partial charge on any atom is 0.149 e. The van der Waals surface area contributed by atoms with Crippen molar-refractivity contribution in [1.29, 1.82) is 0 Å². The molecule has 4 heteroatoms. The Labute approximate surface area is 130 Å². The zero-order valence-corrected chi connectivity index (χ0v) is 13.1. The fraction of sp³-hybridized carbons (Fsp3) is 0.278. The third kappa shape index (κ3) is 4.13. The van der Waals surface area contributed by atoms with Crippen LogP contribution in [0.25, 0.3) is 0 Å². The second-order valence-electron chi connectivity index (χ2n) is 5.35. The van der Waals surface area contributed by atoms with Crippen molar-refractivity contribution >= 4 is 12.0 Å². The summed E-state index contributed by atoms with van der Waals surface area (Å²) in [6, 6.07) is 9.52. The molecular formula is C18H20F2N2. The summed E-state index contributed by atoms with van der Waals surface area (Å²) < 4.78 is 27.1. The van der Waals surface area contributed by atoms with Gasteiger partial charge in [0.05, 0.1) is 6.34 Å². The Kier molecular flexibility index (Phi) is 5.26. The van der Waals surface area contributed by atoms with Crippen LogP contribution in [0.15, 0.2) is 41.4 Å². The highest BCUT2D eigenvalue weighted by molar-refractivity contribution is 5.62. The van der Waals surface area contributed by atoms with E-state index in [4.69, 9.17) is 0 Å². The summed E-state index contributed by atoms with van der Waals surface area (Å²) in [6.45, 7) is 4.74. The van der Waals surface area contributed by atoms with Gasteiger partial charge in [0.1, 0.15) is 17.3 Å². The van der Waals surface area contributed by atoms with Crippen molar-refractivity contribution in [3.05, 3.63) is 64.7 Å². The maximum atomic E-state index is 14.2. The highest BCUT2D eigenvalue weighted by atomic mass is 19.1. The smallest absolute Gasteiger partial charge is 0.149 e. The summed E-state index contributed by atoms with van der Waals surface area (Å²) in [5.41, 5.74) is 3.13. The molecule has 0 N–H and O–H groups in total. The zero-order chi connectivity index (χ0) is 16.1. The number of nitrogens with zero attached hydrogens (tertiary/aromatic N) is 2. The van der Waals surface area contributed by atoms with Gasteiger partial charge in [0.25, 0.3) is 0 Å². The van der Waals surface area contributed by atoms with Gasteiger partial charge < -0.3 is 4.90 Å². The summed E-state index contributed by atoms with van der Waals surface area (Å²) in [4.78, 5) is 6.05. The molecule has 0 fully saturated rings. The van der Waals surface area contributed by atoms with Gasteiger partial charge in [-0.1, -0.05) is 12.1 Å². The zero-order valence-electron chi connectivity index (χ0n) is 13.1. The minimum absolute atomic E-state index is 0.267. The monoisotopic (exact) mass is 302 g/mol. The van der Waals surface area contributed by atoms with Gasteiger partial charge in [-0.3, -0.25) is 0 Å². The van der Waals surface area contributed by atoms with Crippen LogP contribution in [0.4, 0.5) is 14.5 Å². The Morgan fingerprint density at radius 2 is 1.82 bits per heavy atom. The topological polar surface area (TPSA) is 15.6 Å². The Morgan fingerprint density at radius 3 is 2.45 bits per heavy atom. The number of halogens is 2. The Balaban J connectivity index is 2.22. The van der Waals surface area contributed by atoms with Crippen molar-refractivity contribution < 1.29 is 8.78 Å². The van der Waals surface area contributed by atoms with Gasteiger partial charge in [-0.05, 0) is 61.2 Å². The summed E-state index contributed by atoms with van der Waals surface area (Å²) in [7, 11) is 1.89. The Bertz CT molecular complexity index is 664. The SMILES string of the molecule is CCN(C)/C=N/c1cc(C)c(Cc2ccc(F)cc2)cc1F. The molecule has 0 saturated heterocycles. The van der Waals surface area contributed by atoms with E-state index in [1.54, 1.807) is 24.5 Å². The van der Waals surface area contributed by atoms with E-state index in [2.05, 4.69) is 4.99 Å². The van der Waals surface area contributed by atoms with E-state index < -0.39 is 0 Å². The van der Waals surface area contributed by atoms with Gasteiger partial charge in [0.2, 0.25) is 0 Å². The first-order chi connectivity index (χ1) is 10.5. The third-order valence-electron chi connectivity index (χ3n) is 3.61. The molecule has 0 saturated carbocycles. The molecule has 116 valence electrons. The Morgan fingerprint density at radius 1 is 1.14 bits per heavy atom. The van der Waals surface area contributed by atoms with Gasteiger partial charge in [-0.2, -0.15) is 0 Å². The predicted molar refractivity (Wildman–Crippen MR) is 86.8 cm³/mol. The minimum atomic E-state index is -0.344. The van der Waals surface area contributed by atoms with Gasteiger partial charge in [-0.15, -0.1) is 0 Å². The summed E-state index contributed by atoms with van der Waals surface area (Å²) >= 11 is 0. The normalized spacial score (nSPS) is 11.1. The van der Waals surface area contributed by atoms with Gasteiger partial charge in [0, 0.05) is 13.6 Å².